The van der Waals surface area contributed by atoms with E-state index in [-0.39, 0.29) is 24.4 Å². The second-order valence-corrected chi connectivity index (χ2v) is 3.71. The van der Waals surface area contributed by atoms with Crippen LogP contribution in [-0.2, 0) is 11.2 Å². The number of amides is 1. The smallest absolute Gasteiger partial charge is 0.216 e. The Morgan fingerprint density at radius 2 is 2.06 bits per heavy atom. The molecule has 1 unspecified atom stereocenters. The van der Waals surface area contributed by atoms with Crippen LogP contribution in [0.2, 0.25) is 0 Å². The summed E-state index contributed by atoms with van der Waals surface area (Å²) >= 11 is 0. The van der Waals surface area contributed by atoms with Crippen molar-refractivity contribution in [2.45, 2.75) is 19.4 Å². The van der Waals surface area contributed by atoms with E-state index in [1.165, 1.54) is 6.92 Å². The van der Waals surface area contributed by atoms with Crippen LogP contribution in [0.5, 0.6) is 0 Å². The summed E-state index contributed by atoms with van der Waals surface area (Å²) < 4.78 is 0. The van der Waals surface area contributed by atoms with Crippen molar-refractivity contribution in [3.8, 4) is 6.07 Å². The highest BCUT2D eigenvalue weighted by Crippen LogP contribution is 2.05. The molecule has 0 aliphatic heterocycles. The van der Waals surface area contributed by atoms with Gasteiger partial charge in [-0.15, -0.1) is 12.4 Å². The number of nitrogens with two attached hydrogens (primary N) is 1. The molecule has 0 heterocycles. The van der Waals surface area contributed by atoms with Crippen LogP contribution in [0, 0.1) is 11.3 Å². The molecule has 0 saturated carbocycles. The number of rotatable bonds is 4. The van der Waals surface area contributed by atoms with E-state index in [1.54, 1.807) is 12.1 Å². The standard InChI is InChI=1S/C12H15N3O.ClH/c1-9(16)15-8-12(14)6-10-2-4-11(7-13)5-3-10;/h2-5,12H,6,8,14H2,1H3,(H,15,16);1H. The van der Waals surface area contributed by atoms with Crippen molar-refractivity contribution in [2.75, 3.05) is 6.54 Å². The highest BCUT2D eigenvalue weighted by atomic mass is 35.5. The van der Waals surface area contributed by atoms with Gasteiger partial charge in [0.05, 0.1) is 11.6 Å². The molecule has 1 aromatic rings. The van der Waals surface area contributed by atoms with Crippen LogP contribution in [0.1, 0.15) is 18.1 Å². The molecule has 1 amide bonds. The van der Waals surface area contributed by atoms with E-state index in [0.717, 1.165) is 5.56 Å². The number of nitriles is 1. The molecule has 0 bridgehead atoms. The van der Waals surface area contributed by atoms with E-state index >= 15 is 0 Å². The molecular formula is C12H16ClN3O. The van der Waals surface area contributed by atoms with Crippen molar-refractivity contribution in [1.82, 2.24) is 5.32 Å². The third-order valence-electron chi connectivity index (χ3n) is 2.19. The predicted molar refractivity (Wildman–Crippen MR) is 68.8 cm³/mol. The number of benzene rings is 1. The molecule has 0 spiro atoms. The molecule has 0 radical (unpaired) electrons. The molecule has 1 rings (SSSR count). The van der Waals surface area contributed by atoms with Gasteiger partial charge in [-0.2, -0.15) is 5.26 Å². The first-order valence-corrected chi connectivity index (χ1v) is 5.11. The second kappa shape index (κ2) is 7.66. The largest absolute Gasteiger partial charge is 0.355 e. The van der Waals surface area contributed by atoms with Gasteiger partial charge in [-0.05, 0) is 24.1 Å². The molecule has 0 aliphatic rings. The maximum absolute atomic E-state index is 10.7. The molecule has 4 nitrogen and oxygen atoms in total. The Morgan fingerprint density at radius 1 is 1.47 bits per heavy atom. The molecule has 0 fully saturated rings. The number of nitrogens with one attached hydrogen (secondary N) is 1. The van der Waals surface area contributed by atoms with Crippen LogP contribution in [0.4, 0.5) is 0 Å². The second-order valence-electron chi connectivity index (χ2n) is 3.71. The van der Waals surface area contributed by atoms with Crippen molar-refractivity contribution in [3.63, 3.8) is 0 Å². The molecule has 92 valence electrons. The first-order chi connectivity index (χ1) is 7.61. The number of carbonyl (C=O) groups excluding carboxylic acids is 1. The summed E-state index contributed by atoms with van der Waals surface area (Å²) in [5.41, 5.74) is 7.55. The van der Waals surface area contributed by atoms with E-state index < -0.39 is 0 Å². The highest BCUT2D eigenvalue weighted by molar-refractivity contribution is 5.85. The van der Waals surface area contributed by atoms with Crippen molar-refractivity contribution >= 4 is 18.3 Å². The van der Waals surface area contributed by atoms with Crippen LogP contribution >= 0.6 is 12.4 Å². The zero-order valence-electron chi connectivity index (χ0n) is 9.64. The van der Waals surface area contributed by atoms with Crippen molar-refractivity contribution in [2.24, 2.45) is 5.73 Å². The SMILES string of the molecule is CC(=O)NCC(N)Cc1ccc(C#N)cc1.Cl. The Labute approximate surface area is 107 Å². The zero-order chi connectivity index (χ0) is 12.0. The topological polar surface area (TPSA) is 78.9 Å². The molecule has 0 aromatic heterocycles. The number of hydrogen-bond acceptors (Lipinski definition) is 3. The Balaban J connectivity index is 0.00000256. The van der Waals surface area contributed by atoms with Crippen LogP contribution in [0.25, 0.3) is 0 Å². The van der Waals surface area contributed by atoms with Gasteiger partial charge in [-0.1, -0.05) is 12.1 Å². The van der Waals surface area contributed by atoms with Gasteiger partial charge in [-0.3, -0.25) is 4.79 Å². The minimum absolute atomic E-state index is 0. The summed E-state index contributed by atoms with van der Waals surface area (Å²) in [5.74, 6) is -0.0738. The van der Waals surface area contributed by atoms with Gasteiger partial charge in [-0.25, -0.2) is 0 Å². The van der Waals surface area contributed by atoms with Gasteiger partial charge in [0.2, 0.25) is 5.91 Å². The molecule has 3 N–H and O–H groups in total. The Hall–Kier alpha value is -1.57. The average Bonchev–Trinajstić information content (AvgIpc) is 2.27. The van der Waals surface area contributed by atoms with Crippen LogP contribution < -0.4 is 11.1 Å². The van der Waals surface area contributed by atoms with Crippen LogP contribution in [0.3, 0.4) is 0 Å². The van der Waals surface area contributed by atoms with E-state index in [1.807, 2.05) is 12.1 Å². The lowest BCUT2D eigenvalue weighted by Crippen LogP contribution is -2.37. The predicted octanol–water partition coefficient (Wildman–Crippen LogP) is 0.986. The van der Waals surface area contributed by atoms with Gasteiger partial charge < -0.3 is 11.1 Å². The summed E-state index contributed by atoms with van der Waals surface area (Å²) in [4.78, 5) is 10.7. The average molecular weight is 254 g/mol. The lowest BCUT2D eigenvalue weighted by atomic mass is 10.1. The lowest BCUT2D eigenvalue weighted by molar-refractivity contribution is -0.119. The molecule has 0 aliphatic carbocycles. The fourth-order valence-electron chi connectivity index (χ4n) is 1.37. The van der Waals surface area contributed by atoms with Crippen molar-refractivity contribution < 1.29 is 4.79 Å². The van der Waals surface area contributed by atoms with E-state index in [9.17, 15) is 4.79 Å². The van der Waals surface area contributed by atoms with E-state index in [4.69, 9.17) is 11.0 Å². The molecule has 5 heteroatoms. The number of carbonyl (C=O) groups is 1. The summed E-state index contributed by atoms with van der Waals surface area (Å²) in [5, 5.41) is 11.3. The van der Waals surface area contributed by atoms with Crippen molar-refractivity contribution in [1.29, 1.82) is 5.26 Å². The Morgan fingerprint density at radius 3 is 2.53 bits per heavy atom. The molecule has 0 saturated heterocycles. The monoisotopic (exact) mass is 253 g/mol. The normalized spacial score (nSPS) is 10.9. The van der Waals surface area contributed by atoms with Crippen molar-refractivity contribution in [3.05, 3.63) is 35.4 Å². The van der Waals surface area contributed by atoms with Gasteiger partial charge in [0, 0.05) is 19.5 Å². The fourth-order valence-corrected chi connectivity index (χ4v) is 1.37. The fraction of sp³-hybridized carbons (Fsp3) is 0.333. The molecule has 17 heavy (non-hydrogen) atoms. The minimum atomic E-state index is -0.100. The Kier molecular flexibility index (Phi) is 6.95. The summed E-state index contributed by atoms with van der Waals surface area (Å²) in [6.07, 6.45) is 0.686. The maximum atomic E-state index is 10.7. The highest BCUT2D eigenvalue weighted by Gasteiger charge is 2.04. The zero-order valence-corrected chi connectivity index (χ0v) is 10.5. The number of halogens is 1. The summed E-state index contributed by atoms with van der Waals surface area (Å²) in [6, 6.07) is 9.25. The molecule has 1 aromatic carbocycles. The first-order valence-electron chi connectivity index (χ1n) is 5.11. The number of hydrogen-bond donors (Lipinski definition) is 2. The maximum Gasteiger partial charge on any atom is 0.216 e. The minimum Gasteiger partial charge on any atom is -0.355 e. The molecule has 1 atom stereocenters. The van der Waals surface area contributed by atoms with Crippen LogP contribution in [-0.4, -0.2) is 18.5 Å². The number of nitrogens with zero attached hydrogens (tertiary/aromatic N) is 1. The third kappa shape index (κ3) is 5.91. The quantitative estimate of drug-likeness (QED) is 0.840. The third-order valence-corrected chi connectivity index (χ3v) is 2.19. The van der Waals surface area contributed by atoms with Crippen LogP contribution in [0.15, 0.2) is 24.3 Å². The lowest BCUT2D eigenvalue weighted by Gasteiger charge is -2.11. The summed E-state index contributed by atoms with van der Waals surface area (Å²) in [6.45, 7) is 1.93. The first kappa shape index (κ1) is 15.4. The van der Waals surface area contributed by atoms with Gasteiger partial charge in [0.1, 0.15) is 0 Å². The van der Waals surface area contributed by atoms with Gasteiger partial charge in [0.25, 0.3) is 0 Å². The van der Waals surface area contributed by atoms with E-state index in [0.29, 0.717) is 18.5 Å². The summed E-state index contributed by atoms with van der Waals surface area (Å²) in [7, 11) is 0. The van der Waals surface area contributed by atoms with Gasteiger partial charge in [0.15, 0.2) is 0 Å². The molecular weight excluding hydrogens is 238 g/mol. The van der Waals surface area contributed by atoms with E-state index in [2.05, 4.69) is 11.4 Å². The Bertz CT molecular complexity index is 397. The van der Waals surface area contributed by atoms with Gasteiger partial charge >= 0.3 is 0 Å².